The molecule has 4 aromatic rings. The Balaban J connectivity index is 1.27. The van der Waals surface area contributed by atoms with Crippen molar-refractivity contribution in [3.05, 3.63) is 82.9 Å². The van der Waals surface area contributed by atoms with Crippen molar-refractivity contribution >= 4 is 55.9 Å². The number of carbonyl (C=O) groups excluding carboxylic acids is 3. The maximum Gasteiger partial charge on any atom is 0.416 e. The lowest BCUT2D eigenvalue weighted by Gasteiger charge is -2.26. The SMILES string of the molecule is Cc1ccc(NC(=O)c2cccc(C(F)(F)F)c2)cc1NC(=O)c1ccc2nc(NC(=O)N3CCOCC3)sc2c1. The molecular formula is C28H24F3N5O4S. The number of alkyl halides is 3. The minimum absolute atomic E-state index is 0.149. The number of thiazole rings is 1. The van der Waals surface area contributed by atoms with Crippen molar-refractivity contribution < 1.29 is 32.3 Å². The molecule has 0 bridgehead atoms. The molecule has 13 heteroatoms. The van der Waals surface area contributed by atoms with Crippen LogP contribution in [0, 0.1) is 6.92 Å². The molecule has 0 radical (unpaired) electrons. The van der Waals surface area contributed by atoms with E-state index in [2.05, 4.69) is 20.9 Å². The number of amides is 4. The van der Waals surface area contributed by atoms with Crippen LogP contribution in [0.5, 0.6) is 0 Å². The Bertz CT molecular complexity index is 1630. The van der Waals surface area contributed by atoms with Gasteiger partial charge in [0.1, 0.15) is 0 Å². The largest absolute Gasteiger partial charge is 0.416 e. The molecule has 0 aliphatic carbocycles. The molecule has 5 rings (SSSR count). The summed E-state index contributed by atoms with van der Waals surface area (Å²) in [5.41, 5.74) is 1.33. The van der Waals surface area contributed by atoms with Crippen LogP contribution in [0.4, 0.5) is 34.5 Å². The molecule has 1 aliphatic rings. The van der Waals surface area contributed by atoms with Crippen molar-refractivity contribution in [2.24, 2.45) is 0 Å². The van der Waals surface area contributed by atoms with Crippen molar-refractivity contribution in [3.8, 4) is 0 Å². The molecular weight excluding hydrogens is 559 g/mol. The summed E-state index contributed by atoms with van der Waals surface area (Å²) in [5, 5.41) is 8.59. The first kappa shape index (κ1) is 28.1. The van der Waals surface area contributed by atoms with Crippen LogP contribution in [0.15, 0.2) is 60.7 Å². The number of nitrogens with zero attached hydrogens (tertiary/aromatic N) is 2. The summed E-state index contributed by atoms with van der Waals surface area (Å²) in [4.78, 5) is 44.2. The predicted molar refractivity (Wildman–Crippen MR) is 150 cm³/mol. The summed E-state index contributed by atoms with van der Waals surface area (Å²) >= 11 is 1.24. The van der Waals surface area contributed by atoms with Crippen LogP contribution in [-0.2, 0) is 10.9 Å². The van der Waals surface area contributed by atoms with Crippen molar-refractivity contribution in [1.29, 1.82) is 0 Å². The van der Waals surface area contributed by atoms with Crippen LogP contribution >= 0.6 is 11.3 Å². The maximum atomic E-state index is 13.1. The third-order valence-electron chi connectivity index (χ3n) is 6.36. The zero-order valence-corrected chi connectivity index (χ0v) is 22.5. The molecule has 1 fully saturated rings. The number of carbonyl (C=O) groups is 3. The number of halogens is 3. The number of ether oxygens (including phenoxy) is 1. The fourth-order valence-corrected chi connectivity index (χ4v) is 5.02. The quantitative estimate of drug-likeness (QED) is 0.267. The average molecular weight is 584 g/mol. The Hall–Kier alpha value is -4.49. The fourth-order valence-electron chi connectivity index (χ4n) is 4.13. The van der Waals surface area contributed by atoms with E-state index >= 15 is 0 Å². The van der Waals surface area contributed by atoms with Crippen LogP contribution in [0.2, 0.25) is 0 Å². The van der Waals surface area contributed by atoms with Gasteiger partial charge in [0.05, 0.1) is 29.0 Å². The Kier molecular flexibility index (Phi) is 7.90. The fraction of sp³-hybridized carbons (Fsp3) is 0.214. The van der Waals surface area contributed by atoms with Crippen LogP contribution < -0.4 is 16.0 Å². The topological polar surface area (TPSA) is 113 Å². The first-order valence-electron chi connectivity index (χ1n) is 12.5. The highest BCUT2D eigenvalue weighted by atomic mass is 32.1. The maximum absolute atomic E-state index is 13.1. The predicted octanol–water partition coefficient (Wildman–Crippen LogP) is 5.99. The Morgan fingerprint density at radius 2 is 1.63 bits per heavy atom. The van der Waals surface area contributed by atoms with E-state index in [0.29, 0.717) is 64.2 Å². The number of hydrogen-bond donors (Lipinski definition) is 3. The number of benzene rings is 3. The van der Waals surface area contributed by atoms with Gasteiger partial charge >= 0.3 is 12.2 Å². The lowest BCUT2D eigenvalue weighted by molar-refractivity contribution is -0.137. The van der Waals surface area contributed by atoms with E-state index in [4.69, 9.17) is 4.74 Å². The molecule has 0 unspecified atom stereocenters. The molecule has 1 saturated heterocycles. The third kappa shape index (κ3) is 6.64. The number of aryl methyl sites for hydroxylation is 1. The van der Waals surface area contributed by atoms with E-state index in [0.717, 1.165) is 12.1 Å². The van der Waals surface area contributed by atoms with Crippen LogP contribution in [0.25, 0.3) is 10.2 Å². The van der Waals surface area contributed by atoms with Gasteiger partial charge in [-0.15, -0.1) is 0 Å². The summed E-state index contributed by atoms with van der Waals surface area (Å²) in [6.45, 7) is 3.73. The molecule has 0 saturated carbocycles. The molecule has 9 nitrogen and oxygen atoms in total. The number of nitrogens with one attached hydrogen (secondary N) is 3. The number of urea groups is 1. The van der Waals surface area contributed by atoms with Gasteiger partial charge in [0.15, 0.2) is 5.13 Å². The van der Waals surface area contributed by atoms with Crippen molar-refractivity contribution in [2.45, 2.75) is 13.1 Å². The molecule has 1 aliphatic heterocycles. The number of hydrogen-bond acceptors (Lipinski definition) is 6. The Morgan fingerprint density at radius 3 is 2.39 bits per heavy atom. The zero-order valence-electron chi connectivity index (χ0n) is 21.7. The molecule has 0 atom stereocenters. The van der Waals surface area contributed by atoms with E-state index < -0.39 is 23.6 Å². The Labute approximate surface area is 236 Å². The van der Waals surface area contributed by atoms with E-state index in [-0.39, 0.29) is 11.6 Å². The summed E-state index contributed by atoms with van der Waals surface area (Å²) in [5.74, 6) is -1.13. The van der Waals surface area contributed by atoms with Crippen molar-refractivity contribution in [2.75, 3.05) is 42.3 Å². The molecule has 4 amide bonds. The van der Waals surface area contributed by atoms with Crippen LogP contribution in [0.3, 0.4) is 0 Å². The highest BCUT2D eigenvalue weighted by Crippen LogP contribution is 2.30. The van der Waals surface area contributed by atoms with Crippen molar-refractivity contribution in [1.82, 2.24) is 9.88 Å². The van der Waals surface area contributed by atoms with Crippen LogP contribution in [0.1, 0.15) is 31.8 Å². The first-order valence-corrected chi connectivity index (χ1v) is 13.3. The standard InChI is InChI=1S/C28H24F3N5O4S/c1-16-5-7-20(32-24(37)17-3-2-4-19(13-17)28(29,30)31)15-22(16)33-25(38)18-6-8-21-23(14-18)41-26(34-21)35-27(39)36-9-11-40-12-10-36/h2-8,13-15H,9-12H2,1H3,(H,32,37)(H,33,38)(H,34,35,39). The summed E-state index contributed by atoms with van der Waals surface area (Å²) in [6, 6.07) is 13.6. The van der Waals surface area contributed by atoms with Gasteiger partial charge < -0.3 is 20.3 Å². The third-order valence-corrected chi connectivity index (χ3v) is 7.29. The van der Waals surface area contributed by atoms with Gasteiger partial charge in [0.2, 0.25) is 0 Å². The van der Waals surface area contributed by atoms with Crippen LogP contribution in [-0.4, -0.2) is 54.0 Å². The molecule has 212 valence electrons. The number of fused-ring (bicyclic) bond motifs is 1. The lowest BCUT2D eigenvalue weighted by atomic mass is 10.1. The van der Waals surface area contributed by atoms with Gasteiger partial charge in [0, 0.05) is 35.6 Å². The minimum atomic E-state index is -4.57. The summed E-state index contributed by atoms with van der Waals surface area (Å²) in [7, 11) is 0. The number of anilines is 3. The number of aromatic nitrogens is 1. The van der Waals surface area contributed by atoms with E-state index in [1.165, 1.54) is 29.5 Å². The van der Waals surface area contributed by atoms with Gasteiger partial charge in [-0.05, 0) is 61.0 Å². The molecule has 41 heavy (non-hydrogen) atoms. The smallest absolute Gasteiger partial charge is 0.378 e. The van der Waals surface area contributed by atoms with E-state index in [9.17, 15) is 27.6 Å². The lowest BCUT2D eigenvalue weighted by Crippen LogP contribution is -2.43. The summed E-state index contributed by atoms with van der Waals surface area (Å²) in [6.07, 6.45) is -4.57. The normalized spacial score (nSPS) is 13.6. The van der Waals surface area contributed by atoms with Gasteiger partial charge in [-0.2, -0.15) is 13.2 Å². The second kappa shape index (κ2) is 11.6. The van der Waals surface area contributed by atoms with Gasteiger partial charge in [-0.25, -0.2) is 9.78 Å². The number of rotatable bonds is 5. The monoisotopic (exact) mass is 583 g/mol. The minimum Gasteiger partial charge on any atom is -0.378 e. The first-order chi connectivity index (χ1) is 19.6. The Morgan fingerprint density at radius 1 is 0.902 bits per heavy atom. The molecule has 3 aromatic carbocycles. The molecule has 1 aromatic heterocycles. The average Bonchev–Trinajstić information content (AvgIpc) is 3.36. The van der Waals surface area contributed by atoms with Gasteiger partial charge in [-0.1, -0.05) is 23.5 Å². The molecule has 0 spiro atoms. The highest BCUT2D eigenvalue weighted by Gasteiger charge is 2.31. The second-order valence-electron chi connectivity index (χ2n) is 9.25. The number of morpholine rings is 1. The van der Waals surface area contributed by atoms with Crippen molar-refractivity contribution in [3.63, 3.8) is 0 Å². The van der Waals surface area contributed by atoms with Gasteiger partial charge in [0.25, 0.3) is 11.8 Å². The zero-order chi connectivity index (χ0) is 29.1. The molecule has 2 heterocycles. The second-order valence-corrected chi connectivity index (χ2v) is 10.3. The highest BCUT2D eigenvalue weighted by molar-refractivity contribution is 7.22. The van der Waals surface area contributed by atoms with E-state index in [1.807, 2.05) is 0 Å². The molecule has 3 N–H and O–H groups in total. The van der Waals surface area contributed by atoms with E-state index in [1.54, 1.807) is 42.2 Å². The summed E-state index contributed by atoms with van der Waals surface area (Å²) < 4.78 is 45.1. The van der Waals surface area contributed by atoms with Gasteiger partial charge in [-0.3, -0.25) is 14.9 Å².